The maximum Gasteiger partial charge on any atom is 0.321 e. The zero-order chi connectivity index (χ0) is 17.1. The molecule has 0 bridgehead atoms. The van der Waals surface area contributed by atoms with Crippen molar-refractivity contribution in [2.45, 2.75) is 0 Å². The van der Waals surface area contributed by atoms with Gasteiger partial charge in [0.1, 0.15) is 17.3 Å². The largest absolute Gasteiger partial charge is 0.363 e. The van der Waals surface area contributed by atoms with E-state index < -0.39 is 11.6 Å². The highest BCUT2D eigenvalue weighted by molar-refractivity contribution is 9.10. The van der Waals surface area contributed by atoms with Gasteiger partial charge in [-0.25, -0.2) is 13.6 Å². The molecule has 24 heavy (non-hydrogen) atoms. The SMILES string of the molecule is O=C(Nc1cccc(Br)c1)N1CCN(c2c(F)cccc2F)CC1. The Hall–Kier alpha value is -2.15. The minimum absolute atomic E-state index is 0.0236. The topological polar surface area (TPSA) is 35.6 Å². The molecule has 1 aliphatic rings. The van der Waals surface area contributed by atoms with E-state index in [1.807, 2.05) is 18.2 Å². The molecule has 1 aliphatic heterocycles. The Balaban J connectivity index is 1.61. The molecular weight excluding hydrogens is 380 g/mol. The van der Waals surface area contributed by atoms with Gasteiger partial charge in [-0.2, -0.15) is 0 Å². The first-order valence-corrected chi connectivity index (χ1v) is 8.34. The van der Waals surface area contributed by atoms with Crippen molar-refractivity contribution in [3.05, 3.63) is 58.6 Å². The number of amides is 2. The van der Waals surface area contributed by atoms with Crippen LogP contribution in [-0.4, -0.2) is 37.1 Å². The van der Waals surface area contributed by atoms with Crippen molar-refractivity contribution in [2.24, 2.45) is 0 Å². The number of nitrogens with one attached hydrogen (secondary N) is 1. The van der Waals surface area contributed by atoms with Crippen LogP contribution < -0.4 is 10.2 Å². The summed E-state index contributed by atoms with van der Waals surface area (Å²) in [4.78, 5) is 15.6. The second-order valence-electron chi connectivity index (χ2n) is 5.48. The van der Waals surface area contributed by atoms with E-state index in [0.717, 1.165) is 4.47 Å². The molecule has 2 amide bonds. The molecule has 0 unspecified atom stereocenters. The fraction of sp³-hybridized carbons (Fsp3) is 0.235. The van der Waals surface area contributed by atoms with Crippen molar-refractivity contribution in [1.82, 2.24) is 4.90 Å². The van der Waals surface area contributed by atoms with Crippen LogP contribution in [0.1, 0.15) is 0 Å². The van der Waals surface area contributed by atoms with Gasteiger partial charge in [-0.1, -0.05) is 28.1 Å². The number of carbonyl (C=O) groups excluding carboxylic acids is 1. The van der Waals surface area contributed by atoms with Gasteiger partial charge in [-0.3, -0.25) is 0 Å². The molecule has 1 N–H and O–H groups in total. The number of anilines is 2. The lowest BCUT2D eigenvalue weighted by Crippen LogP contribution is -2.50. The Morgan fingerprint density at radius 1 is 1.00 bits per heavy atom. The summed E-state index contributed by atoms with van der Waals surface area (Å²) in [6.07, 6.45) is 0. The predicted octanol–water partition coefficient (Wildman–Crippen LogP) is 4.08. The maximum absolute atomic E-state index is 13.8. The molecule has 2 aromatic rings. The molecule has 1 heterocycles. The van der Waals surface area contributed by atoms with E-state index in [9.17, 15) is 13.6 Å². The van der Waals surface area contributed by atoms with Crippen LogP contribution in [0.3, 0.4) is 0 Å². The van der Waals surface area contributed by atoms with E-state index in [2.05, 4.69) is 21.2 Å². The van der Waals surface area contributed by atoms with Crippen LogP contribution >= 0.6 is 15.9 Å². The lowest BCUT2D eigenvalue weighted by Gasteiger charge is -2.36. The number of hydrogen-bond acceptors (Lipinski definition) is 2. The standard InChI is InChI=1S/C17H16BrF2N3O/c18-12-3-1-4-13(11-12)21-17(24)23-9-7-22(8-10-23)16-14(19)5-2-6-15(16)20/h1-6,11H,7-10H2,(H,21,24). The van der Waals surface area contributed by atoms with Gasteiger partial charge in [0.05, 0.1) is 0 Å². The van der Waals surface area contributed by atoms with Crippen LogP contribution in [0.4, 0.5) is 25.0 Å². The van der Waals surface area contributed by atoms with E-state index in [4.69, 9.17) is 0 Å². The second kappa shape index (κ2) is 7.17. The van der Waals surface area contributed by atoms with Gasteiger partial charge in [0.2, 0.25) is 0 Å². The molecule has 2 aromatic carbocycles. The van der Waals surface area contributed by atoms with Crippen molar-refractivity contribution in [3.63, 3.8) is 0 Å². The predicted molar refractivity (Wildman–Crippen MR) is 93.3 cm³/mol. The Bertz CT molecular complexity index is 728. The summed E-state index contributed by atoms with van der Waals surface area (Å²) in [6, 6.07) is 10.9. The summed E-state index contributed by atoms with van der Waals surface area (Å²) in [5.41, 5.74) is 0.668. The number of benzene rings is 2. The van der Waals surface area contributed by atoms with Crippen molar-refractivity contribution in [3.8, 4) is 0 Å². The van der Waals surface area contributed by atoms with Gasteiger partial charge in [0.25, 0.3) is 0 Å². The van der Waals surface area contributed by atoms with Gasteiger partial charge < -0.3 is 15.1 Å². The van der Waals surface area contributed by atoms with Crippen molar-refractivity contribution in [1.29, 1.82) is 0 Å². The van der Waals surface area contributed by atoms with Crippen LogP contribution in [0, 0.1) is 11.6 Å². The number of para-hydroxylation sites is 1. The van der Waals surface area contributed by atoms with Crippen LogP contribution in [-0.2, 0) is 0 Å². The van der Waals surface area contributed by atoms with Crippen LogP contribution in [0.15, 0.2) is 46.9 Å². The highest BCUT2D eigenvalue weighted by Crippen LogP contribution is 2.24. The first kappa shape index (κ1) is 16.7. The number of carbonyl (C=O) groups is 1. The summed E-state index contributed by atoms with van der Waals surface area (Å²) >= 11 is 3.35. The average molecular weight is 396 g/mol. The van der Waals surface area contributed by atoms with Gasteiger partial charge in [-0.15, -0.1) is 0 Å². The van der Waals surface area contributed by atoms with E-state index in [-0.39, 0.29) is 11.7 Å². The summed E-state index contributed by atoms with van der Waals surface area (Å²) in [7, 11) is 0. The first-order chi connectivity index (χ1) is 11.5. The third kappa shape index (κ3) is 3.67. The number of halogens is 3. The third-order valence-corrected chi connectivity index (χ3v) is 4.39. The van der Waals surface area contributed by atoms with E-state index in [0.29, 0.717) is 31.9 Å². The lowest BCUT2D eigenvalue weighted by molar-refractivity contribution is 0.208. The quantitative estimate of drug-likeness (QED) is 0.831. The zero-order valence-electron chi connectivity index (χ0n) is 12.8. The molecule has 0 aromatic heterocycles. The number of nitrogens with zero attached hydrogens (tertiary/aromatic N) is 2. The molecule has 0 aliphatic carbocycles. The van der Waals surface area contributed by atoms with Crippen LogP contribution in [0.5, 0.6) is 0 Å². The number of hydrogen-bond donors (Lipinski definition) is 1. The summed E-state index contributed by atoms with van der Waals surface area (Å²) in [5.74, 6) is -1.16. The highest BCUT2D eigenvalue weighted by Gasteiger charge is 2.24. The molecule has 1 fully saturated rings. The molecule has 0 radical (unpaired) electrons. The molecule has 7 heteroatoms. The molecular formula is C17H16BrF2N3O. The first-order valence-electron chi connectivity index (χ1n) is 7.55. The van der Waals surface area contributed by atoms with Crippen LogP contribution in [0.2, 0.25) is 0 Å². The smallest absolute Gasteiger partial charge is 0.321 e. The second-order valence-corrected chi connectivity index (χ2v) is 6.40. The summed E-state index contributed by atoms with van der Waals surface area (Å²) in [6.45, 7) is 1.55. The minimum Gasteiger partial charge on any atom is -0.363 e. The monoisotopic (exact) mass is 395 g/mol. The Morgan fingerprint density at radius 2 is 1.62 bits per heavy atom. The van der Waals surface area contributed by atoms with Gasteiger partial charge in [0.15, 0.2) is 0 Å². The summed E-state index contributed by atoms with van der Waals surface area (Å²) in [5, 5.41) is 2.82. The number of piperazine rings is 1. The minimum atomic E-state index is -0.581. The van der Waals surface area contributed by atoms with Gasteiger partial charge >= 0.3 is 6.03 Å². The molecule has 126 valence electrons. The van der Waals surface area contributed by atoms with E-state index in [1.165, 1.54) is 18.2 Å². The van der Waals surface area contributed by atoms with E-state index in [1.54, 1.807) is 15.9 Å². The van der Waals surface area contributed by atoms with Gasteiger partial charge in [-0.05, 0) is 30.3 Å². The van der Waals surface area contributed by atoms with Crippen LogP contribution in [0.25, 0.3) is 0 Å². The third-order valence-electron chi connectivity index (χ3n) is 3.90. The fourth-order valence-corrected chi connectivity index (χ4v) is 3.09. The van der Waals surface area contributed by atoms with Crippen molar-refractivity contribution < 1.29 is 13.6 Å². The molecule has 1 saturated heterocycles. The number of urea groups is 1. The fourth-order valence-electron chi connectivity index (χ4n) is 2.69. The summed E-state index contributed by atoms with van der Waals surface area (Å²) < 4.78 is 28.5. The molecule has 0 spiro atoms. The maximum atomic E-state index is 13.8. The molecule has 3 rings (SSSR count). The molecule has 4 nitrogen and oxygen atoms in total. The van der Waals surface area contributed by atoms with Crippen molar-refractivity contribution in [2.75, 3.05) is 36.4 Å². The van der Waals surface area contributed by atoms with Gasteiger partial charge in [0, 0.05) is 36.3 Å². The molecule has 0 atom stereocenters. The Labute approximate surface area is 147 Å². The highest BCUT2D eigenvalue weighted by atomic mass is 79.9. The lowest BCUT2D eigenvalue weighted by atomic mass is 10.2. The average Bonchev–Trinajstić information content (AvgIpc) is 2.55. The number of rotatable bonds is 2. The molecule has 0 saturated carbocycles. The Kier molecular flexibility index (Phi) is 4.99. The van der Waals surface area contributed by atoms with E-state index >= 15 is 0 Å². The van der Waals surface area contributed by atoms with Crippen molar-refractivity contribution >= 4 is 33.3 Å². The Morgan fingerprint density at radius 3 is 2.25 bits per heavy atom. The zero-order valence-corrected chi connectivity index (χ0v) is 14.4. The normalized spacial score (nSPS) is 14.6.